The Morgan fingerprint density at radius 2 is 1.93 bits per heavy atom. The number of halogens is 1. The summed E-state index contributed by atoms with van der Waals surface area (Å²) >= 11 is 1.35. The van der Waals surface area contributed by atoms with Crippen molar-refractivity contribution in [3.05, 3.63) is 51.0 Å². The maximum Gasteiger partial charge on any atom is 0.350 e. The topological polar surface area (TPSA) is 84.8 Å². The first-order chi connectivity index (χ1) is 13.5. The number of hydrogen-bond donors (Lipinski definition) is 2. The van der Waals surface area contributed by atoms with Gasteiger partial charge in [0.15, 0.2) is 5.96 Å². The van der Waals surface area contributed by atoms with Crippen molar-refractivity contribution in [3.8, 4) is 0 Å². The van der Waals surface area contributed by atoms with E-state index in [-0.39, 0.29) is 36.0 Å². The monoisotopic (exact) mass is 532 g/mol. The molecule has 0 radical (unpaired) electrons. The lowest BCUT2D eigenvalue weighted by Gasteiger charge is -2.16. The fourth-order valence-corrected chi connectivity index (χ4v) is 3.52. The summed E-state index contributed by atoms with van der Waals surface area (Å²) in [5.41, 5.74) is 2.97. The van der Waals surface area contributed by atoms with Crippen molar-refractivity contribution in [1.82, 2.24) is 15.6 Å². The quantitative estimate of drug-likeness (QED) is 0.233. The predicted octanol–water partition coefficient (Wildman–Crippen LogP) is 3.82. The van der Waals surface area contributed by atoms with Crippen LogP contribution in [0.2, 0.25) is 0 Å². The van der Waals surface area contributed by atoms with Crippen LogP contribution < -0.4 is 10.6 Å². The molecule has 0 fully saturated rings. The summed E-state index contributed by atoms with van der Waals surface area (Å²) < 4.78 is 10.2. The minimum Gasteiger partial charge on any atom is -0.462 e. The Hall–Kier alpha value is -1.72. The van der Waals surface area contributed by atoms with E-state index < -0.39 is 0 Å². The molecule has 0 bridgehead atoms. The van der Waals surface area contributed by atoms with Crippen LogP contribution in [0.15, 0.2) is 29.3 Å². The summed E-state index contributed by atoms with van der Waals surface area (Å²) in [4.78, 5) is 21.3. The van der Waals surface area contributed by atoms with E-state index >= 15 is 0 Å². The van der Waals surface area contributed by atoms with E-state index in [1.54, 1.807) is 21.1 Å². The summed E-state index contributed by atoms with van der Waals surface area (Å²) in [7, 11) is 3.41. The van der Waals surface area contributed by atoms with Crippen LogP contribution in [-0.4, -0.2) is 37.7 Å². The molecule has 0 saturated heterocycles. The van der Waals surface area contributed by atoms with Crippen LogP contribution in [0.3, 0.4) is 0 Å². The molecule has 9 heteroatoms. The molecule has 2 N–H and O–H groups in total. The smallest absolute Gasteiger partial charge is 0.350 e. The second-order valence-electron chi connectivity index (χ2n) is 6.23. The SMILES string of the molecule is CCOC(=O)c1sc(C(C)NC(=NC)NCc2ccc(COC)cc2)nc1C.I. The second-order valence-corrected chi connectivity index (χ2v) is 7.26. The van der Waals surface area contributed by atoms with Crippen LogP contribution in [0.5, 0.6) is 0 Å². The molecule has 1 aromatic carbocycles. The molecule has 1 heterocycles. The van der Waals surface area contributed by atoms with Crippen LogP contribution in [-0.2, 0) is 22.6 Å². The van der Waals surface area contributed by atoms with Gasteiger partial charge in [0.1, 0.15) is 9.88 Å². The molecule has 160 valence electrons. The normalized spacial score (nSPS) is 12.1. The standard InChI is InChI=1S/C20H28N4O3S.HI/c1-6-27-19(25)17-13(2)23-18(28-17)14(3)24-20(21-4)22-11-15-7-9-16(10-8-15)12-26-5;/h7-10,14H,6,11-12H2,1-5H3,(H2,21,22,24);1H. The summed E-state index contributed by atoms with van der Waals surface area (Å²) in [6.07, 6.45) is 0. The van der Waals surface area contributed by atoms with Gasteiger partial charge in [0.25, 0.3) is 0 Å². The zero-order valence-corrected chi connectivity index (χ0v) is 20.6. The van der Waals surface area contributed by atoms with Gasteiger partial charge >= 0.3 is 5.97 Å². The molecule has 0 aliphatic rings. The van der Waals surface area contributed by atoms with E-state index in [1.807, 2.05) is 13.8 Å². The van der Waals surface area contributed by atoms with Crippen molar-refractivity contribution in [3.63, 3.8) is 0 Å². The van der Waals surface area contributed by atoms with Crippen LogP contribution in [0.4, 0.5) is 0 Å². The maximum absolute atomic E-state index is 12.0. The number of carbonyl (C=O) groups is 1. The first-order valence-corrected chi connectivity index (χ1v) is 9.98. The molecule has 0 saturated carbocycles. The number of rotatable bonds is 8. The number of nitrogens with zero attached hydrogens (tertiary/aromatic N) is 2. The Kier molecular flexibility index (Phi) is 11.1. The number of benzene rings is 1. The summed E-state index contributed by atoms with van der Waals surface area (Å²) in [6, 6.07) is 8.13. The van der Waals surface area contributed by atoms with Crippen LogP contribution in [0, 0.1) is 6.92 Å². The van der Waals surface area contributed by atoms with Crippen LogP contribution in [0.25, 0.3) is 0 Å². The number of nitrogens with one attached hydrogen (secondary N) is 2. The van der Waals surface area contributed by atoms with E-state index in [0.29, 0.717) is 36.3 Å². The fourth-order valence-electron chi connectivity index (χ4n) is 2.56. The van der Waals surface area contributed by atoms with Gasteiger partial charge in [-0.3, -0.25) is 4.99 Å². The second kappa shape index (κ2) is 12.8. The van der Waals surface area contributed by atoms with Gasteiger partial charge in [-0.15, -0.1) is 35.3 Å². The summed E-state index contributed by atoms with van der Waals surface area (Å²) in [5.74, 6) is 0.342. The third kappa shape index (κ3) is 7.56. The molecular formula is C20H29IN4O3S. The van der Waals surface area contributed by atoms with E-state index in [0.717, 1.165) is 16.1 Å². The van der Waals surface area contributed by atoms with Crippen LogP contribution >= 0.6 is 35.3 Å². The Bertz CT molecular complexity index is 809. The lowest BCUT2D eigenvalue weighted by atomic mass is 10.1. The van der Waals surface area contributed by atoms with Crippen molar-refractivity contribution < 1.29 is 14.3 Å². The van der Waals surface area contributed by atoms with E-state index in [9.17, 15) is 4.79 Å². The number of guanidine groups is 1. The number of aromatic nitrogens is 1. The molecule has 0 amide bonds. The molecule has 1 atom stereocenters. The third-order valence-corrected chi connectivity index (χ3v) is 5.34. The van der Waals surface area contributed by atoms with Gasteiger partial charge in [0.05, 0.1) is 24.9 Å². The van der Waals surface area contributed by atoms with Gasteiger partial charge < -0.3 is 20.1 Å². The maximum atomic E-state index is 12.0. The van der Waals surface area contributed by atoms with Gasteiger partial charge in [-0.25, -0.2) is 9.78 Å². The molecule has 1 aromatic heterocycles. The Morgan fingerprint density at radius 3 is 2.52 bits per heavy atom. The van der Waals surface area contributed by atoms with E-state index in [4.69, 9.17) is 9.47 Å². The van der Waals surface area contributed by atoms with Crippen LogP contribution in [0.1, 0.15) is 51.4 Å². The highest BCUT2D eigenvalue weighted by Gasteiger charge is 2.20. The van der Waals surface area contributed by atoms with E-state index in [1.165, 1.54) is 11.3 Å². The zero-order chi connectivity index (χ0) is 20.5. The molecular weight excluding hydrogens is 503 g/mol. The highest BCUT2D eigenvalue weighted by atomic mass is 127. The molecule has 2 rings (SSSR count). The zero-order valence-electron chi connectivity index (χ0n) is 17.4. The molecule has 0 spiro atoms. The van der Waals surface area contributed by atoms with Crippen molar-refractivity contribution in [2.24, 2.45) is 4.99 Å². The number of aryl methyl sites for hydroxylation is 1. The van der Waals surface area contributed by atoms with Crippen molar-refractivity contribution in [2.75, 3.05) is 20.8 Å². The number of thiazole rings is 1. The fraction of sp³-hybridized carbons (Fsp3) is 0.450. The number of hydrogen-bond acceptors (Lipinski definition) is 6. The van der Waals surface area contributed by atoms with Crippen molar-refractivity contribution in [2.45, 2.75) is 40.0 Å². The lowest BCUT2D eigenvalue weighted by molar-refractivity contribution is 0.0531. The predicted molar refractivity (Wildman–Crippen MR) is 127 cm³/mol. The summed E-state index contributed by atoms with van der Waals surface area (Å²) in [5, 5.41) is 7.42. The number of carbonyl (C=O) groups excluding carboxylic acids is 1. The van der Waals surface area contributed by atoms with Gasteiger partial charge in [-0.1, -0.05) is 24.3 Å². The number of esters is 1. The lowest BCUT2D eigenvalue weighted by Crippen LogP contribution is -2.38. The first kappa shape index (κ1) is 25.3. The average Bonchev–Trinajstić information content (AvgIpc) is 3.08. The average molecular weight is 532 g/mol. The van der Waals surface area contributed by atoms with Gasteiger partial charge in [0, 0.05) is 20.7 Å². The molecule has 2 aromatic rings. The Morgan fingerprint density at radius 1 is 1.28 bits per heavy atom. The Labute approximate surface area is 193 Å². The number of methoxy groups -OCH3 is 1. The molecule has 0 aliphatic heterocycles. The van der Waals surface area contributed by atoms with Gasteiger partial charge in [-0.2, -0.15) is 0 Å². The highest BCUT2D eigenvalue weighted by Crippen LogP contribution is 2.24. The molecule has 0 aliphatic carbocycles. The van der Waals surface area contributed by atoms with E-state index in [2.05, 4.69) is 44.9 Å². The molecule has 7 nitrogen and oxygen atoms in total. The number of ether oxygens (including phenoxy) is 2. The highest BCUT2D eigenvalue weighted by molar-refractivity contribution is 14.0. The van der Waals surface area contributed by atoms with Gasteiger partial charge in [0.2, 0.25) is 0 Å². The van der Waals surface area contributed by atoms with Crippen molar-refractivity contribution in [1.29, 1.82) is 0 Å². The number of aliphatic imine (C=N–C) groups is 1. The third-order valence-electron chi connectivity index (χ3n) is 4.02. The minimum absolute atomic E-state index is 0. The molecule has 29 heavy (non-hydrogen) atoms. The van der Waals surface area contributed by atoms with Gasteiger partial charge in [-0.05, 0) is 31.9 Å². The molecule has 1 unspecified atom stereocenters. The van der Waals surface area contributed by atoms with Crippen molar-refractivity contribution >= 4 is 47.2 Å². The Balaban J connectivity index is 0.00000420. The summed E-state index contributed by atoms with van der Waals surface area (Å²) in [6.45, 7) is 7.20. The first-order valence-electron chi connectivity index (χ1n) is 9.16. The largest absolute Gasteiger partial charge is 0.462 e. The minimum atomic E-state index is -0.324.